The van der Waals surface area contributed by atoms with Gasteiger partial charge < -0.3 is 11.5 Å². The minimum absolute atomic E-state index is 0.162. The largest absolute Gasteiger partial charge is 0.368 e. The van der Waals surface area contributed by atoms with Crippen LogP contribution in [0.25, 0.3) is 0 Å². The zero-order valence-electron chi connectivity index (χ0n) is 6.96. The van der Waals surface area contributed by atoms with Crippen LogP contribution in [-0.4, -0.2) is 15.9 Å². The third-order valence-corrected chi connectivity index (χ3v) is 1.53. The van der Waals surface area contributed by atoms with Gasteiger partial charge in [0.25, 0.3) is 5.91 Å². The molecule has 0 aliphatic rings. The van der Waals surface area contributed by atoms with Crippen LogP contribution in [-0.2, 0) is 0 Å². The van der Waals surface area contributed by atoms with Crippen molar-refractivity contribution >= 4 is 11.9 Å². The molecule has 1 heterocycles. The minimum Gasteiger partial charge on any atom is -0.368 e. The van der Waals surface area contributed by atoms with Crippen LogP contribution in [0.5, 0.6) is 0 Å². The van der Waals surface area contributed by atoms with Crippen molar-refractivity contribution in [1.82, 2.24) is 9.97 Å². The number of hydrogen-bond donors (Lipinski definition) is 2. The number of carbonyl (C=O) groups excluding carboxylic acids is 1. The highest BCUT2D eigenvalue weighted by Crippen LogP contribution is 2.09. The number of anilines is 1. The fourth-order valence-corrected chi connectivity index (χ4v) is 1.10. The molecule has 12 heavy (non-hydrogen) atoms. The predicted molar refractivity (Wildman–Crippen MR) is 44.4 cm³/mol. The first kappa shape index (κ1) is 8.45. The number of aryl methyl sites for hydroxylation is 2. The lowest BCUT2D eigenvalue weighted by Gasteiger charge is -2.04. The monoisotopic (exact) mass is 166 g/mol. The Bertz CT molecular complexity index is 311. The van der Waals surface area contributed by atoms with Crippen LogP contribution in [0.2, 0.25) is 0 Å². The number of carbonyl (C=O) groups is 1. The molecule has 1 amide bonds. The first-order valence-electron chi connectivity index (χ1n) is 3.43. The fourth-order valence-electron chi connectivity index (χ4n) is 1.10. The summed E-state index contributed by atoms with van der Waals surface area (Å²) in [6.45, 7) is 3.34. The lowest BCUT2D eigenvalue weighted by Crippen LogP contribution is -2.17. The Morgan fingerprint density at radius 3 is 2.00 bits per heavy atom. The number of nitrogens with zero attached hydrogens (tertiary/aromatic N) is 2. The first-order valence-corrected chi connectivity index (χ1v) is 3.43. The highest BCUT2D eigenvalue weighted by Gasteiger charge is 2.11. The van der Waals surface area contributed by atoms with E-state index in [4.69, 9.17) is 11.5 Å². The van der Waals surface area contributed by atoms with Crippen molar-refractivity contribution in [1.29, 1.82) is 0 Å². The van der Waals surface area contributed by atoms with E-state index in [1.165, 1.54) is 0 Å². The number of nitrogen functional groups attached to an aromatic ring is 1. The molecule has 1 aromatic rings. The van der Waals surface area contributed by atoms with Crippen LogP contribution in [0.15, 0.2) is 0 Å². The molecule has 5 nitrogen and oxygen atoms in total. The van der Waals surface area contributed by atoms with Gasteiger partial charge in [0.2, 0.25) is 5.95 Å². The maximum Gasteiger partial charge on any atom is 0.252 e. The van der Waals surface area contributed by atoms with E-state index in [2.05, 4.69) is 9.97 Å². The molecule has 0 atom stereocenters. The van der Waals surface area contributed by atoms with E-state index in [-0.39, 0.29) is 5.95 Å². The zero-order chi connectivity index (χ0) is 9.30. The van der Waals surface area contributed by atoms with Crippen molar-refractivity contribution < 1.29 is 4.79 Å². The van der Waals surface area contributed by atoms with Crippen LogP contribution in [0, 0.1) is 13.8 Å². The maximum atomic E-state index is 10.9. The SMILES string of the molecule is Cc1nc(N)nc(C)c1C(N)=O. The van der Waals surface area contributed by atoms with E-state index in [9.17, 15) is 4.79 Å². The Balaban J connectivity index is 3.38. The summed E-state index contributed by atoms with van der Waals surface area (Å²) in [5.74, 6) is -0.361. The van der Waals surface area contributed by atoms with Crippen LogP contribution >= 0.6 is 0 Å². The van der Waals surface area contributed by atoms with E-state index in [1.54, 1.807) is 13.8 Å². The lowest BCUT2D eigenvalue weighted by atomic mass is 10.1. The number of rotatable bonds is 1. The molecule has 1 aromatic heterocycles. The average Bonchev–Trinajstić information content (AvgIpc) is 1.82. The van der Waals surface area contributed by atoms with Crippen molar-refractivity contribution in [3.63, 3.8) is 0 Å². The van der Waals surface area contributed by atoms with Gasteiger partial charge in [0.05, 0.1) is 17.0 Å². The standard InChI is InChI=1S/C7H10N4O/c1-3-5(6(8)12)4(2)11-7(9)10-3/h1-2H3,(H2,8,12)(H2,9,10,11). The molecule has 0 spiro atoms. The summed E-state index contributed by atoms with van der Waals surface area (Å²) < 4.78 is 0. The van der Waals surface area contributed by atoms with Gasteiger partial charge >= 0.3 is 0 Å². The fraction of sp³-hybridized carbons (Fsp3) is 0.286. The third kappa shape index (κ3) is 1.34. The van der Waals surface area contributed by atoms with Crippen LogP contribution < -0.4 is 11.5 Å². The summed E-state index contributed by atoms with van der Waals surface area (Å²) in [4.78, 5) is 18.5. The summed E-state index contributed by atoms with van der Waals surface area (Å²) >= 11 is 0. The summed E-state index contributed by atoms with van der Waals surface area (Å²) in [5.41, 5.74) is 11.9. The van der Waals surface area contributed by atoms with Crippen LogP contribution in [0.4, 0.5) is 5.95 Å². The van der Waals surface area contributed by atoms with Gasteiger partial charge in [-0.25, -0.2) is 9.97 Å². The number of hydrogen-bond acceptors (Lipinski definition) is 4. The zero-order valence-corrected chi connectivity index (χ0v) is 6.96. The van der Waals surface area contributed by atoms with Gasteiger partial charge in [-0.15, -0.1) is 0 Å². The number of primary amides is 1. The lowest BCUT2D eigenvalue weighted by molar-refractivity contribution is 0.0998. The number of nitrogens with two attached hydrogens (primary N) is 2. The topological polar surface area (TPSA) is 94.9 Å². The van der Waals surface area contributed by atoms with E-state index in [0.717, 1.165) is 0 Å². The van der Waals surface area contributed by atoms with Gasteiger partial charge in [-0.3, -0.25) is 4.79 Å². The Morgan fingerprint density at radius 2 is 1.67 bits per heavy atom. The molecule has 0 saturated carbocycles. The second-order valence-corrected chi connectivity index (χ2v) is 2.49. The molecular formula is C7H10N4O. The number of amides is 1. The van der Waals surface area contributed by atoms with Crippen molar-refractivity contribution in [2.45, 2.75) is 13.8 Å². The Morgan fingerprint density at radius 1 is 1.25 bits per heavy atom. The Hall–Kier alpha value is -1.65. The Labute approximate surface area is 69.8 Å². The molecular weight excluding hydrogens is 156 g/mol. The first-order chi connectivity index (χ1) is 5.52. The second kappa shape index (κ2) is 2.77. The molecule has 1 rings (SSSR count). The highest BCUT2D eigenvalue weighted by atomic mass is 16.1. The Kier molecular flexibility index (Phi) is 1.95. The molecule has 4 N–H and O–H groups in total. The third-order valence-electron chi connectivity index (χ3n) is 1.53. The van der Waals surface area contributed by atoms with Crippen molar-refractivity contribution in [3.8, 4) is 0 Å². The van der Waals surface area contributed by atoms with Gasteiger partial charge in [-0.2, -0.15) is 0 Å². The molecule has 0 bridgehead atoms. The molecule has 0 aliphatic carbocycles. The van der Waals surface area contributed by atoms with E-state index in [1.807, 2.05) is 0 Å². The molecule has 0 aliphatic heterocycles. The van der Waals surface area contributed by atoms with Crippen molar-refractivity contribution in [3.05, 3.63) is 17.0 Å². The van der Waals surface area contributed by atoms with Crippen LogP contribution in [0.3, 0.4) is 0 Å². The average molecular weight is 166 g/mol. The van der Waals surface area contributed by atoms with Gasteiger partial charge in [-0.05, 0) is 13.8 Å². The normalized spacial score (nSPS) is 9.83. The van der Waals surface area contributed by atoms with Crippen molar-refractivity contribution in [2.75, 3.05) is 5.73 Å². The van der Waals surface area contributed by atoms with E-state index >= 15 is 0 Å². The highest BCUT2D eigenvalue weighted by molar-refractivity contribution is 5.94. The number of aromatic nitrogens is 2. The van der Waals surface area contributed by atoms with E-state index < -0.39 is 5.91 Å². The molecule has 0 fully saturated rings. The van der Waals surface area contributed by atoms with Crippen LogP contribution in [0.1, 0.15) is 21.7 Å². The molecule has 0 radical (unpaired) electrons. The molecule has 0 saturated heterocycles. The smallest absolute Gasteiger partial charge is 0.252 e. The molecule has 5 heteroatoms. The summed E-state index contributed by atoms with van der Waals surface area (Å²) in [5, 5.41) is 0. The van der Waals surface area contributed by atoms with E-state index in [0.29, 0.717) is 17.0 Å². The minimum atomic E-state index is -0.523. The second-order valence-electron chi connectivity index (χ2n) is 2.49. The van der Waals surface area contributed by atoms with Gasteiger partial charge in [-0.1, -0.05) is 0 Å². The summed E-state index contributed by atoms with van der Waals surface area (Å²) in [6, 6.07) is 0. The van der Waals surface area contributed by atoms with Crippen molar-refractivity contribution in [2.24, 2.45) is 5.73 Å². The summed E-state index contributed by atoms with van der Waals surface area (Å²) in [6.07, 6.45) is 0. The molecule has 64 valence electrons. The molecule has 0 unspecified atom stereocenters. The quantitative estimate of drug-likeness (QED) is 0.602. The summed E-state index contributed by atoms with van der Waals surface area (Å²) in [7, 11) is 0. The van der Waals surface area contributed by atoms with Gasteiger partial charge in [0.15, 0.2) is 0 Å². The predicted octanol–water partition coefficient (Wildman–Crippen LogP) is -0.225. The molecule has 0 aromatic carbocycles. The van der Waals surface area contributed by atoms with Gasteiger partial charge in [0, 0.05) is 0 Å². The maximum absolute atomic E-state index is 10.9. The van der Waals surface area contributed by atoms with Gasteiger partial charge in [0.1, 0.15) is 0 Å².